The lowest BCUT2D eigenvalue weighted by molar-refractivity contribution is 0.0587. The summed E-state index contributed by atoms with van der Waals surface area (Å²) in [6, 6.07) is 14.3. The lowest BCUT2D eigenvalue weighted by Gasteiger charge is -2.29. The fourth-order valence-electron chi connectivity index (χ4n) is 3.61. The van der Waals surface area contributed by atoms with Crippen LogP contribution in [0.1, 0.15) is 34.6 Å². The van der Waals surface area contributed by atoms with Crippen molar-refractivity contribution < 1.29 is 14.6 Å². The predicted octanol–water partition coefficient (Wildman–Crippen LogP) is 5.40. The Labute approximate surface area is 182 Å². The molecule has 3 rings (SSSR count). The van der Waals surface area contributed by atoms with Crippen LogP contribution in [0.3, 0.4) is 0 Å². The van der Waals surface area contributed by atoms with E-state index in [0.717, 1.165) is 5.56 Å². The van der Waals surface area contributed by atoms with Crippen LogP contribution < -0.4 is 10.5 Å². The lowest BCUT2D eigenvalue weighted by Crippen LogP contribution is -2.38. The average Bonchev–Trinajstić information content (AvgIpc) is 2.68. The first-order valence-electron chi connectivity index (χ1n) is 10.4. The van der Waals surface area contributed by atoms with Gasteiger partial charge in [0.25, 0.3) is 5.56 Å². The van der Waals surface area contributed by atoms with Gasteiger partial charge in [-0.15, -0.1) is 0 Å². The smallest absolute Gasteiger partial charge is 0.415 e. The standard InChI is InChI=1S/C25H30N2O4/c1-16(2)15-27-22(26(6)24(30)31-25(3,4)5)21(17-10-8-7-9-11-17)20-14-18(28)12-13-19(20)23(27)29/h7-14,16,28H,15H2,1-6H3. The number of carbonyl (C=O) groups is 1. The Hall–Kier alpha value is -3.28. The zero-order valence-corrected chi connectivity index (χ0v) is 19.0. The third-order valence-electron chi connectivity index (χ3n) is 4.82. The molecule has 0 saturated carbocycles. The number of rotatable bonds is 4. The van der Waals surface area contributed by atoms with Gasteiger partial charge in [-0.25, -0.2) is 4.79 Å². The molecule has 1 aromatic heterocycles. The number of hydrogen-bond acceptors (Lipinski definition) is 4. The molecule has 1 heterocycles. The van der Waals surface area contributed by atoms with E-state index in [-0.39, 0.29) is 17.2 Å². The second-order valence-electron chi connectivity index (χ2n) is 9.14. The van der Waals surface area contributed by atoms with E-state index < -0.39 is 11.7 Å². The molecule has 0 unspecified atom stereocenters. The van der Waals surface area contributed by atoms with Crippen LogP contribution in [0.2, 0.25) is 0 Å². The fourth-order valence-corrected chi connectivity index (χ4v) is 3.61. The van der Waals surface area contributed by atoms with Gasteiger partial charge in [-0.05, 0) is 50.5 Å². The molecule has 0 atom stereocenters. The molecule has 0 saturated heterocycles. The number of phenolic OH excluding ortho intramolecular Hbond substituents is 1. The van der Waals surface area contributed by atoms with E-state index in [2.05, 4.69) is 0 Å². The highest BCUT2D eigenvalue weighted by molar-refractivity contribution is 6.05. The number of carbonyl (C=O) groups excluding carboxylic acids is 1. The molecule has 6 heteroatoms. The summed E-state index contributed by atoms with van der Waals surface area (Å²) in [5.41, 5.74) is 0.631. The van der Waals surface area contributed by atoms with Gasteiger partial charge >= 0.3 is 6.09 Å². The van der Waals surface area contributed by atoms with Crippen molar-refractivity contribution in [2.75, 3.05) is 11.9 Å². The molecule has 0 bridgehead atoms. The second-order valence-corrected chi connectivity index (χ2v) is 9.14. The number of hydrogen-bond donors (Lipinski definition) is 1. The molecule has 0 radical (unpaired) electrons. The van der Waals surface area contributed by atoms with E-state index in [1.54, 1.807) is 44.5 Å². The van der Waals surface area contributed by atoms with Crippen molar-refractivity contribution in [3.8, 4) is 16.9 Å². The molecule has 2 aromatic carbocycles. The van der Waals surface area contributed by atoms with Crippen molar-refractivity contribution in [3.63, 3.8) is 0 Å². The van der Waals surface area contributed by atoms with Crippen LogP contribution in [0.5, 0.6) is 5.75 Å². The number of amides is 1. The third kappa shape index (κ3) is 4.74. The highest BCUT2D eigenvalue weighted by Crippen LogP contribution is 2.37. The number of ether oxygens (including phenoxy) is 1. The normalized spacial score (nSPS) is 11.7. The minimum Gasteiger partial charge on any atom is -0.508 e. The Morgan fingerprint density at radius 3 is 2.32 bits per heavy atom. The van der Waals surface area contributed by atoms with Gasteiger partial charge in [0, 0.05) is 29.9 Å². The highest BCUT2D eigenvalue weighted by atomic mass is 16.6. The Morgan fingerprint density at radius 2 is 1.74 bits per heavy atom. The largest absolute Gasteiger partial charge is 0.508 e. The quantitative estimate of drug-likeness (QED) is 0.611. The zero-order valence-electron chi connectivity index (χ0n) is 19.0. The molecule has 0 fully saturated rings. The minimum atomic E-state index is -0.684. The number of aromatic hydroxyl groups is 1. The zero-order chi connectivity index (χ0) is 22.9. The SMILES string of the molecule is CC(C)Cn1c(N(C)C(=O)OC(C)(C)C)c(-c2ccccc2)c2cc(O)ccc2c1=O. The first-order valence-corrected chi connectivity index (χ1v) is 10.4. The van der Waals surface area contributed by atoms with Crippen molar-refractivity contribution in [2.24, 2.45) is 5.92 Å². The van der Waals surface area contributed by atoms with Gasteiger partial charge in [0.05, 0.1) is 0 Å². The summed E-state index contributed by atoms with van der Waals surface area (Å²) in [4.78, 5) is 27.9. The Morgan fingerprint density at radius 1 is 1.10 bits per heavy atom. The van der Waals surface area contributed by atoms with Crippen LogP contribution in [-0.4, -0.2) is 28.4 Å². The molecular weight excluding hydrogens is 392 g/mol. The molecule has 3 aromatic rings. The Bertz CT molecular complexity index is 1160. The van der Waals surface area contributed by atoms with Crippen LogP contribution >= 0.6 is 0 Å². The van der Waals surface area contributed by atoms with E-state index in [1.807, 2.05) is 44.2 Å². The van der Waals surface area contributed by atoms with Crippen LogP contribution in [-0.2, 0) is 11.3 Å². The molecule has 6 nitrogen and oxygen atoms in total. The number of nitrogens with zero attached hydrogens (tertiary/aromatic N) is 2. The number of phenols is 1. The number of anilines is 1. The van der Waals surface area contributed by atoms with E-state index >= 15 is 0 Å². The van der Waals surface area contributed by atoms with Gasteiger partial charge in [0.2, 0.25) is 0 Å². The number of aromatic nitrogens is 1. The maximum absolute atomic E-state index is 13.5. The van der Waals surface area contributed by atoms with Crippen LogP contribution in [0, 0.1) is 5.92 Å². The van der Waals surface area contributed by atoms with E-state index in [4.69, 9.17) is 4.74 Å². The average molecular weight is 423 g/mol. The Balaban J connectivity index is 2.44. The molecule has 31 heavy (non-hydrogen) atoms. The second kappa shape index (κ2) is 8.46. The summed E-state index contributed by atoms with van der Waals surface area (Å²) < 4.78 is 7.24. The molecule has 0 spiro atoms. The molecule has 0 aliphatic carbocycles. The van der Waals surface area contributed by atoms with Gasteiger partial charge in [0.1, 0.15) is 17.2 Å². The summed E-state index contributed by atoms with van der Waals surface area (Å²) in [5.74, 6) is 0.662. The fraction of sp³-hybridized carbons (Fsp3) is 0.360. The predicted molar refractivity (Wildman–Crippen MR) is 125 cm³/mol. The van der Waals surface area contributed by atoms with Crippen LogP contribution in [0.4, 0.5) is 10.6 Å². The summed E-state index contributed by atoms with van der Waals surface area (Å²) in [7, 11) is 1.61. The van der Waals surface area contributed by atoms with E-state index in [0.29, 0.717) is 28.7 Å². The van der Waals surface area contributed by atoms with Crippen molar-refractivity contribution >= 4 is 22.7 Å². The summed E-state index contributed by atoms with van der Waals surface area (Å²) in [6.07, 6.45) is -0.555. The topological polar surface area (TPSA) is 71.8 Å². The van der Waals surface area contributed by atoms with E-state index in [9.17, 15) is 14.7 Å². The van der Waals surface area contributed by atoms with Crippen molar-refractivity contribution in [3.05, 3.63) is 58.9 Å². The molecule has 0 aliphatic heterocycles. The number of pyridine rings is 1. The molecule has 164 valence electrons. The first kappa shape index (κ1) is 22.4. The Kier molecular flexibility index (Phi) is 6.11. The van der Waals surface area contributed by atoms with E-state index in [1.165, 1.54) is 11.0 Å². The minimum absolute atomic E-state index is 0.0524. The maximum Gasteiger partial charge on any atom is 0.415 e. The molecule has 1 N–H and O–H groups in total. The molecule has 1 amide bonds. The summed E-state index contributed by atoms with van der Waals surface area (Å²) >= 11 is 0. The van der Waals surface area contributed by atoms with Gasteiger partial charge in [-0.1, -0.05) is 44.2 Å². The van der Waals surface area contributed by atoms with Crippen molar-refractivity contribution in [1.29, 1.82) is 0 Å². The first-order chi connectivity index (χ1) is 14.5. The van der Waals surface area contributed by atoms with Gasteiger partial charge in [-0.3, -0.25) is 14.3 Å². The van der Waals surface area contributed by atoms with Gasteiger partial charge < -0.3 is 9.84 Å². The van der Waals surface area contributed by atoms with Crippen LogP contribution in [0.25, 0.3) is 21.9 Å². The lowest BCUT2D eigenvalue weighted by atomic mass is 9.98. The summed E-state index contributed by atoms with van der Waals surface area (Å²) in [5, 5.41) is 11.3. The molecular formula is C25H30N2O4. The number of benzene rings is 2. The van der Waals surface area contributed by atoms with Crippen molar-refractivity contribution in [2.45, 2.75) is 46.8 Å². The van der Waals surface area contributed by atoms with Crippen molar-refractivity contribution in [1.82, 2.24) is 4.57 Å². The summed E-state index contributed by atoms with van der Waals surface area (Å²) in [6.45, 7) is 9.88. The maximum atomic E-state index is 13.5. The monoisotopic (exact) mass is 422 g/mol. The van der Waals surface area contributed by atoms with Crippen LogP contribution in [0.15, 0.2) is 53.3 Å². The highest BCUT2D eigenvalue weighted by Gasteiger charge is 2.28. The number of fused-ring (bicyclic) bond motifs is 1. The third-order valence-corrected chi connectivity index (χ3v) is 4.82. The van der Waals surface area contributed by atoms with Gasteiger partial charge in [0.15, 0.2) is 0 Å². The van der Waals surface area contributed by atoms with Gasteiger partial charge in [-0.2, -0.15) is 0 Å². The molecule has 0 aliphatic rings.